The molecule has 204 valence electrons. The van der Waals surface area contributed by atoms with Crippen molar-refractivity contribution >= 4 is 41.0 Å². The Bertz CT molecular complexity index is 1640. The topological polar surface area (TPSA) is 96.2 Å². The van der Waals surface area contributed by atoms with Gasteiger partial charge in [-0.2, -0.15) is 0 Å². The quantitative estimate of drug-likeness (QED) is 0.295. The molecule has 0 bridgehead atoms. The number of esters is 2. The number of benzene rings is 2. The largest absolute Gasteiger partial charge is 0.490 e. The molecule has 8 nitrogen and oxygen atoms in total. The van der Waals surface area contributed by atoms with Crippen LogP contribution in [0.15, 0.2) is 63.5 Å². The predicted molar refractivity (Wildman–Crippen MR) is 150 cm³/mol. The Labute approximate surface area is 234 Å². The summed E-state index contributed by atoms with van der Waals surface area (Å²) in [6.07, 6.45) is 1.72. The molecule has 0 amide bonds. The van der Waals surface area contributed by atoms with Crippen LogP contribution in [0.2, 0.25) is 5.02 Å². The van der Waals surface area contributed by atoms with Crippen LogP contribution in [0.25, 0.3) is 6.08 Å². The van der Waals surface area contributed by atoms with Gasteiger partial charge in [-0.1, -0.05) is 61.1 Å². The lowest BCUT2D eigenvalue weighted by molar-refractivity contribution is -0.140. The van der Waals surface area contributed by atoms with Gasteiger partial charge in [0.1, 0.15) is 0 Å². The van der Waals surface area contributed by atoms with Crippen molar-refractivity contribution in [2.45, 2.75) is 40.7 Å². The molecule has 2 aromatic carbocycles. The van der Waals surface area contributed by atoms with Crippen LogP contribution < -0.4 is 24.4 Å². The monoisotopic (exact) mass is 568 g/mol. The van der Waals surface area contributed by atoms with Crippen molar-refractivity contribution in [1.82, 2.24) is 4.57 Å². The van der Waals surface area contributed by atoms with E-state index >= 15 is 0 Å². The van der Waals surface area contributed by atoms with Gasteiger partial charge >= 0.3 is 11.9 Å². The Morgan fingerprint density at radius 1 is 1.18 bits per heavy atom. The standard InChI is InChI=1S/C29H29ClN2O6S/c1-6-36-23-13-20(11-12-22(23)38-18(5)33)26-25(28(35)37-15-16(2)3)17(4)31-29-32(26)27(34)24(39-29)14-19-9-7-8-10-21(19)30/h7-14,16,26H,6,15H2,1-5H3/b24-14-. The summed E-state index contributed by atoms with van der Waals surface area (Å²) in [6, 6.07) is 11.3. The van der Waals surface area contributed by atoms with Crippen LogP contribution >= 0.6 is 22.9 Å². The molecule has 4 rings (SSSR count). The second kappa shape index (κ2) is 12.0. The number of ether oxygens (including phenoxy) is 3. The van der Waals surface area contributed by atoms with Gasteiger partial charge in [-0.05, 0) is 55.2 Å². The van der Waals surface area contributed by atoms with Gasteiger partial charge in [-0.15, -0.1) is 0 Å². The summed E-state index contributed by atoms with van der Waals surface area (Å²) in [5.74, 6) is -0.378. The fourth-order valence-electron chi connectivity index (χ4n) is 4.15. The average Bonchev–Trinajstić information content (AvgIpc) is 3.18. The van der Waals surface area contributed by atoms with E-state index in [0.717, 1.165) is 0 Å². The number of fused-ring (bicyclic) bond motifs is 1. The first-order valence-corrected chi connectivity index (χ1v) is 13.7. The molecule has 1 aromatic heterocycles. The maximum atomic E-state index is 13.8. The van der Waals surface area contributed by atoms with Gasteiger partial charge in [0.15, 0.2) is 16.3 Å². The number of carbonyl (C=O) groups is 2. The van der Waals surface area contributed by atoms with Gasteiger partial charge in [-0.25, -0.2) is 9.79 Å². The Balaban J connectivity index is 1.94. The molecule has 0 radical (unpaired) electrons. The highest BCUT2D eigenvalue weighted by atomic mass is 35.5. The van der Waals surface area contributed by atoms with Crippen molar-refractivity contribution < 1.29 is 23.8 Å². The van der Waals surface area contributed by atoms with E-state index < -0.39 is 18.0 Å². The second-order valence-corrected chi connectivity index (χ2v) is 10.7. The summed E-state index contributed by atoms with van der Waals surface area (Å²) in [6.45, 7) is 9.25. The van der Waals surface area contributed by atoms with Crippen LogP contribution in [0.1, 0.15) is 51.8 Å². The van der Waals surface area contributed by atoms with E-state index in [1.165, 1.54) is 22.8 Å². The lowest BCUT2D eigenvalue weighted by Crippen LogP contribution is -2.40. The van der Waals surface area contributed by atoms with Gasteiger partial charge < -0.3 is 14.2 Å². The van der Waals surface area contributed by atoms with Gasteiger partial charge in [0.2, 0.25) is 0 Å². The van der Waals surface area contributed by atoms with Crippen molar-refractivity contribution in [3.8, 4) is 11.5 Å². The molecule has 0 saturated heterocycles. The minimum atomic E-state index is -0.847. The fraction of sp³-hybridized carbons (Fsp3) is 0.310. The fourth-order valence-corrected chi connectivity index (χ4v) is 5.38. The van der Waals surface area contributed by atoms with E-state index in [-0.39, 0.29) is 29.4 Å². The SMILES string of the molecule is CCOc1cc(C2C(C(=O)OCC(C)C)=C(C)N=c3s/c(=C\c4ccccc4Cl)c(=O)n32)ccc1OC(C)=O. The number of aromatic nitrogens is 1. The summed E-state index contributed by atoms with van der Waals surface area (Å²) in [5, 5.41) is 0.511. The van der Waals surface area contributed by atoms with Crippen LogP contribution in [0.3, 0.4) is 0 Å². The molecule has 0 aliphatic carbocycles. The molecule has 0 saturated carbocycles. The summed E-state index contributed by atoms with van der Waals surface area (Å²) < 4.78 is 18.6. The van der Waals surface area contributed by atoms with E-state index in [2.05, 4.69) is 4.99 Å². The number of hydrogen-bond acceptors (Lipinski definition) is 8. The van der Waals surface area contributed by atoms with Crippen molar-refractivity contribution in [1.29, 1.82) is 0 Å². The van der Waals surface area contributed by atoms with Crippen molar-refractivity contribution in [2.24, 2.45) is 10.9 Å². The highest BCUT2D eigenvalue weighted by Gasteiger charge is 2.34. The molecule has 1 atom stereocenters. The van der Waals surface area contributed by atoms with E-state index in [1.807, 2.05) is 32.0 Å². The zero-order chi connectivity index (χ0) is 28.3. The molecule has 0 fully saturated rings. The van der Waals surface area contributed by atoms with Crippen molar-refractivity contribution in [3.05, 3.63) is 89.6 Å². The van der Waals surface area contributed by atoms with Gasteiger partial charge in [0.25, 0.3) is 5.56 Å². The number of hydrogen-bond donors (Lipinski definition) is 0. The number of rotatable bonds is 8. The Morgan fingerprint density at radius 3 is 2.59 bits per heavy atom. The van der Waals surface area contributed by atoms with Crippen LogP contribution in [0.5, 0.6) is 11.5 Å². The zero-order valence-electron chi connectivity index (χ0n) is 22.3. The highest BCUT2D eigenvalue weighted by Crippen LogP contribution is 2.36. The number of carbonyl (C=O) groups excluding carboxylic acids is 2. The molecule has 10 heteroatoms. The third-order valence-electron chi connectivity index (χ3n) is 5.82. The Hall–Kier alpha value is -3.69. The Kier molecular flexibility index (Phi) is 8.72. The molecule has 39 heavy (non-hydrogen) atoms. The van der Waals surface area contributed by atoms with Crippen LogP contribution in [0.4, 0.5) is 0 Å². The van der Waals surface area contributed by atoms with Crippen LogP contribution in [0, 0.1) is 5.92 Å². The molecule has 2 heterocycles. The highest BCUT2D eigenvalue weighted by molar-refractivity contribution is 7.07. The number of halogens is 1. The van der Waals surface area contributed by atoms with E-state index in [9.17, 15) is 14.4 Å². The number of allylic oxidation sites excluding steroid dienone is 1. The minimum absolute atomic E-state index is 0.123. The summed E-state index contributed by atoms with van der Waals surface area (Å²) in [4.78, 5) is 43.9. The second-order valence-electron chi connectivity index (χ2n) is 9.33. The summed E-state index contributed by atoms with van der Waals surface area (Å²) in [5.41, 5.74) is 1.63. The molecule has 0 spiro atoms. The molecule has 1 aliphatic rings. The molecular formula is C29H29ClN2O6S. The normalized spacial score (nSPS) is 15.2. The third kappa shape index (κ3) is 6.15. The molecule has 0 N–H and O–H groups in total. The summed E-state index contributed by atoms with van der Waals surface area (Å²) >= 11 is 7.55. The number of nitrogens with zero attached hydrogens (tertiary/aromatic N) is 2. The average molecular weight is 569 g/mol. The van der Waals surface area contributed by atoms with E-state index in [4.69, 9.17) is 25.8 Å². The van der Waals surface area contributed by atoms with Crippen molar-refractivity contribution in [3.63, 3.8) is 0 Å². The van der Waals surface area contributed by atoms with Crippen LogP contribution in [-0.4, -0.2) is 29.7 Å². The molecule has 1 unspecified atom stereocenters. The first kappa shape index (κ1) is 28.3. The number of thiazole rings is 1. The maximum Gasteiger partial charge on any atom is 0.338 e. The zero-order valence-corrected chi connectivity index (χ0v) is 23.9. The van der Waals surface area contributed by atoms with Crippen LogP contribution in [-0.2, 0) is 14.3 Å². The first-order valence-electron chi connectivity index (χ1n) is 12.5. The molecule has 3 aromatic rings. The molecular weight excluding hydrogens is 540 g/mol. The lowest BCUT2D eigenvalue weighted by atomic mass is 9.95. The minimum Gasteiger partial charge on any atom is -0.490 e. The lowest BCUT2D eigenvalue weighted by Gasteiger charge is -2.25. The third-order valence-corrected chi connectivity index (χ3v) is 7.15. The first-order chi connectivity index (χ1) is 18.6. The predicted octanol–water partition coefficient (Wildman–Crippen LogP) is 4.41. The van der Waals surface area contributed by atoms with Gasteiger partial charge in [0, 0.05) is 11.9 Å². The van der Waals surface area contributed by atoms with E-state index in [0.29, 0.717) is 43.5 Å². The Morgan fingerprint density at radius 2 is 1.92 bits per heavy atom. The summed E-state index contributed by atoms with van der Waals surface area (Å²) in [7, 11) is 0. The van der Waals surface area contributed by atoms with Gasteiger partial charge in [0.05, 0.1) is 35.1 Å². The maximum absolute atomic E-state index is 13.8. The van der Waals surface area contributed by atoms with E-state index in [1.54, 1.807) is 44.2 Å². The smallest absolute Gasteiger partial charge is 0.338 e. The molecule has 1 aliphatic heterocycles. The van der Waals surface area contributed by atoms with Crippen molar-refractivity contribution in [2.75, 3.05) is 13.2 Å². The van der Waals surface area contributed by atoms with Gasteiger partial charge in [-0.3, -0.25) is 14.2 Å².